The zero-order chi connectivity index (χ0) is 20.8. The van der Waals surface area contributed by atoms with Crippen LogP contribution in [0.5, 0.6) is 0 Å². The van der Waals surface area contributed by atoms with Gasteiger partial charge in [-0.25, -0.2) is 0 Å². The van der Waals surface area contributed by atoms with Gasteiger partial charge in [0, 0.05) is 12.1 Å². The summed E-state index contributed by atoms with van der Waals surface area (Å²) in [6.45, 7) is 2.76. The molecule has 2 aromatic heterocycles. The van der Waals surface area contributed by atoms with Gasteiger partial charge < -0.3 is 5.32 Å². The van der Waals surface area contributed by atoms with Crippen LogP contribution >= 0.6 is 0 Å². The highest BCUT2D eigenvalue weighted by atomic mass is 16.1. The SMILES string of the molecule is CCCCC1CCC(C(=O)NCc2cc(-c3ccccn3)n(C3CCCC3)n2)CC1. The molecule has 2 aromatic rings. The minimum Gasteiger partial charge on any atom is -0.350 e. The Hall–Kier alpha value is -2.17. The van der Waals surface area contributed by atoms with Crippen LogP contribution < -0.4 is 5.32 Å². The maximum absolute atomic E-state index is 12.8. The lowest BCUT2D eigenvalue weighted by Gasteiger charge is -2.27. The van der Waals surface area contributed by atoms with Crippen LogP contribution in [-0.4, -0.2) is 20.7 Å². The molecular weight excluding hydrogens is 372 g/mol. The van der Waals surface area contributed by atoms with Gasteiger partial charge in [-0.1, -0.05) is 45.1 Å². The Morgan fingerprint density at radius 1 is 1.13 bits per heavy atom. The Balaban J connectivity index is 1.37. The number of aromatic nitrogens is 3. The summed E-state index contributed by atoms with van der Waals surface area (Å²) in [4.78, 5) is 17.3. The number of carbonyl (C=O) groups excluding carboxylic acids is 1. The van der Waals surface area contributed by atoms with E-state index in [1.165, 1.54) is 57.8 Å². The first kappa shape index (κ1) is 21.1. The van der Waals surface area contributed by atoms with Gasteiger partial charge in [0.1, 0.15) is 0 Å². The number of nitrogens with one attached hydrogen (secondary N) is 1. The average molecular weight is 409 g/mol. The van der Waals surface area contributed by atoms with Crippen molar-refractivity contribution in [1.82, 2.24) is 20.1 Å². The highest BCUT2D eigenvalue weighted by molar-refractivity contribution is 5.78. The second-order valence-electron chi connectivity index (χ2n) is 9.20. The molecule has 2 fully saturated rings. The molecule has 0 aromatic carbocycles. The fourth-order valence-corrected chi connectivity index (χ4v) is 5.19. The average Bonchev–Trinajstić information content (AvgIpc) is 3.47. The van der Waals surface area contributed by atoms with Gasteiger partial charge in [-0.15, -0.1) is 0 Å². The lowest BCUT2D eigenvalue weighted by Crippen LogP contribution is -2.33. The number of unbranched alkanes of at least 4 members (excludes halogenated alkanes) is 1. The van der Waals surface area contributed by atoms with E-state index in [0.717, 1.165) is 35.8 Å². The van der Waals surface area contributed by atoms with Gasteiger partial charge in [0.25, 0.3) is 0 Å². The van der Waals surface area contributed by atoms with Crippen molar-refractivity contribution < 1.29 is 4.79 Å². The summed E-state index contributed by atoms with van der Waals surface area (Å²) in [7, 11) is 0. The topological polar surface area (TPSA) is 59.8 Å². The van der Waals surface area contributed by atoms with E-state index in [1.807, 2.05) is 24.4 Å². The summed E-state index contributed by atoms with van der Waals surface area (Å²) in [5.41, 5.74) is 2.97. The maximum atomic E-state index is 12.8. The van der Waals surface area contributed by atoms with Crippen LogP contribution in [-0.2, 0) is 11.3 Å². The van der Waals surface area contributed by atoms with Crippen molar-refractivity contribution >= 4 is 5.91 Å². The largest absolute Gasteiger partial charge is 0.350 e. The van der Waals surface area contributed by atoms with Crippen molar-refractivity contribution in [1.29, 1.82) is 0 Å². The molecule has 5 nitrogen and oxygen atoms in total. The number of rotatable bonds is 8. The molecule has 2 heterocycles. The molecule has 2 aliphatic carbocycles. The molecule has 4 rings (SSSR count). The Morgan fingerprint density at radius 3 is 2.63 bits per heavy atom. The van der Waals surface area contributed by atoms with Gasteiger partial charge in [-0.2, -0.15) is 5.10 Å². The summed E-state index contributed by atoms with van der Waals surface area (Å²) in [6, 6.07) is 8.57. The molecule has 162 valence electrons. The van der Waals surface area contributed by atoms with Crippen LogP contribution in [0.4, 0.5) is 0 Å². The van der Waals surface area contributed by atoms with Gasteiger partial charge in [0.15, 0.2) is 0 Å². The van der Waals surface area contributed by atoms with Crippen LogP contribution in [0.25, 0.3) is 11.4 Å². The van der Waals surface area contributed by atoms with Crippen molar-refractivity contribution in [2.45, 2.75) is 90.1 Å². The van der Waals surface area contributed by atoms with Crippen LogP contribution in [0, 0.1) is 11.8 Å². The summed E-state index contributed by atoms with van der Waals surface area (Å²) in [6.07, 6.45) is 15.1. The standard InChI is InChI=1S/C25H36N4O/c1-2-3-8-19-12-14-20(15-13-19)25(30)27-18-21-17-24(23-11-6-7-16-26-23)29(28-21)22-9-4-5-10-22/h6-7,11,16-17,19-20,22H,2-5,8-10,12-15,18H2,1H3,(H,27,30). The van der Waals surface area contributed by atoms with Crippen LogP contribution in [0.3, 0.4) is 0 Å². The Kier molecular flexibility index (Phi) is 7.19. The van der Waals surface area contributed by atoms with Gasteiger partial charge >= 0.3 is 0 Å². The second kappa shape index (κ2) is 10.2. The van der Waals surface area contributed by atoms with E-state index in [2.05, 4.69) is 28.0 Å². The van der Waals surface area contributed by atoms with Crippen molar-refractivity contribution in [3.63, 3.8) is 0 Å². The van der Waals surface area contributed by atoms with Crippen LogP contribution in [0.15, 0.2) is 30.5 Å². The Bertz CT molecular complexity index is 802. The van der Waals surface area contributed by atoms with E-state index in [4.69, 9.17) is 5.10 Å². The zero-order valence-corrected chi connectivity index (χ0v) is 18.4. The molecule has 0 atom stereocenters. The highest BCUT2D eigenvalue weighted by Gasteiger charge is 2.26. The minimum absolute atomic E-state index is 0.176. The summed E-state index contributed by atoms with van der Waals surface area (Å²) >= 11 is 0. The maximum Gasteiger partial charge on any atom is 0.223 e. The van der Waals surface area contributed by atoms with E-state index in [9.17, 15) is 4.79 Å². The van der Waals surface area contributed by atoms with E-state index < -0.39 is 0 Å². The summed E-state index contributed by atoms with van der Waals surface area (Å²) in [5.74, 6) is 1.21. The summed E-state index contributed by atoms with van der Waals surface area (Å²) in [5, 5.41) is 8.07. The van der Waals surface area contributed by atoms with Crippen molar-refractivity contribution in [3.05, 3.63) is 36.2 Å². The number of amides is 1. The first-order valence-electron chi connectivity index (χ1n) is 12.0. The normalized spacial score (nSPS) is 22.3. The molecule has 2 aliphatic rings. The monoisotopic (exact) mass is 408 g/mol. The minimum atomic E-state index is 0.176. The number of pyridine rings is 1. The predicted molar refractivity (Wildman–Crippen MR) is 120 cm³/mol. The third-order valence-electron chi connectivity index (χ3n) is 7.01. The molecule has 0 saturated heterocycles. The molecule has 1 N–H and O–H groups in total. The van der Waals surface area contributed by atoms with E-state index in [1.54, 1.807) is 0 Å². The number of hydrogen-bond donors (Lipinski definition) is 1. The fourth-order valence-electron chi connectivity index (χ4n) is 5.19. The van der Waals surface area contributed by atoms with Crippen molar-refractivity contribution in [3.8, 4) is 11.4 Å². The smallest absolute Gasteiger partial charge is 0.223 e. The van der Waals surface area contributed by atoms with Crippen molar-refractivity contribution in [2.75, 3.05) is 0 Å². The van der Waals surface area contributed by atoms with Gasteiger partial charge in [-0.3, -0.25) is 14.5 Å². The number of nitrogens with zero attached hydrogens (tertiary/aromatic N) is 3. The Labute approximate surface area is 180 Å². The molecule has 0 bridgehead atoms. The molecule has 0 radical (unpaired) electrons. The van der Waals surface area contributed by atoms with Crippen molar-refractivity contribution in [2.24, 2.45) is 11.8 Å². The lowest BCUT2D eigenvalue weighted by atomic mass is 9.79. The molecule has 1 amide bonds. The summed E-state index contributed by atoms with van der Waals surface area (Å²) < 4.78 is 2.16. The molecule has 2 saturated carbocycles. The van der Waals surface area contributed by atoms with Gasteiger partial charge in [0.2, 0.25) is 5.91 Å². The van der Waals surface area contributed by atoms with E-state index in [-0.39, 0.29) is 11.8 Å². The predicted octanol–water partition coefficient (Wildman–Crippen LogP) is 5.67. The highest BCUT2D eigenvalue weighted by Crippen LogP contribution is 2.34. The third kappa shape index (κ3) is 5.11. The lowest BCUT2D eigenvalue weighted by molar-refractivity contribution is -0.126. The van der Waals surface area contributed by atoms with Crippen LogP contribution in [0.1, 0.15) is 89.3 Å². The van der Waals surface area contributed by atoms with Crippen LogP contribution in [0.2, 0.25) is 0 Å². The van der Waals surface area contributed by atoms with E-state index >= 15 is 0 Å². The van der Waals surface area contributed by atoms with Gasteiger partial charge in [-0.05, 0) is 62.6 Å². The second-order valence-corrected chi connectivity index (χ2v) is 9.20. The van der Waals surface area contributed by atoms with Gasteiger partial charge in [0.05, 0.1) is 29.7 Å². The number of carbonyl (C=O) groups is 1. The zero-order valence-electron chi connectivity index (χ0n) is 18.4. The first-order valence-corrected chi connectivity index (χ1v) is 12.0. The fraction of sp³-hybridized carbons (Fsp3) is 0.640. The molecule has 0 unspecified atom stereocenters. The molecule has 5 heteroatoms. The molecule has 30 heavy (non-hydrogen) atoms. The molecule has 0 spiro atoms. The third-order valence-corrected chi connectivity index (χ3v) is 7.01. The first-order chi connectivity index (χ1) is 14.7. The quantitative estimate of drug-likeness (QED) is 0.612. The number of hydrogen-bond acceptors (Lipinski definition) is 3. The van der Waals surface area contributed by atoms with E-state index in [0.29, 0.717) is 12.6 Å². The molecule has 0 aliphatic heterocycles. The molecular formula is C25H36N4O. The Morgan fingerprint density at radius 2 is 1.93 bits per heavy atom.